The number of hydrogen-bond donors (Lipinski definition) is 1. The zero-order valence-corrected chi connectivity index (χ0v) is 24.4. The monoisotopic (exact) mass is 564 g/mol. The Morgan fingerprint density at radius 3 is 2.30 bits per heavy atom. The van der Waals surface area contributed by atoms with E-state index in [-0.39, 0.29) is 35.0 Å². The van der Waals surface area contributed by atoms with Crippen molar-refractivity contribution in [3.63, 3.8) is 0 Å². The summed E-state index contributed by atoms with van der Waals surface area (Å²) in [6.45, 7) is 5.49. The normalized spacial score (nSPS) is 18.1. The molecule has 8 nitrogen and oxygen atoms in total. The van der Waals surface area contributed by atoms with E-state index in [9.17, 15) is 14.4 Å². The van der Waals surface area contributed by atoms with Crippen molar-refractivity contribution in [2.24, 2.45) is 5.92 Å². The standard InChI is InChI=1S/C31H37ClN4O4/c1-31(2,3)40-30(39)33-27(22-12-9-13-23(32)18-22)21-14-16-24(17-15-21)36-29(38)25(28(37)35(4)5)19-26(34-36)20-10-7-6-8-11-20/h6-13,18-19,21,24,27H,14-17H2,1-5H3,(H,33,39). The second-order valence-corrected chi connectivity index (χ2v) is 11.9. The number of carbonyl (C=O) groups excluding carboxylic acids is 2. The number of aromatic nitrogens is 2. The topological polar surface area (TPSA) is 93.5 Å². The number of nitrogens with one attached hydrogen (secondary N) is 1. The molecule has 1 heterocycles. The summed E-state index contributed by atoms with van der Waals surface area (Å²) >= 11 is 6.30. The lowest BCUT2D eigenvalue weighted by Gasteiger charge is -2.35. The second-order valence-electron chi connectivity index (χ2n) is 11.5. The zero-order valence-electron chi connectivity index (χ0n) is 23.7. The van der Waals surface area contributed by atoms with E-state index in [1.54, 1.807) is 26.2 Å². The molecule has 0 saturated heterocycles. The molecule has 1 fully saturated rings. The highest BCUT2D eigenvalue weighted by Gasteiger charge is 2.33. The van der Waals surface area contributed by atoms with Crippen LogP contribution in [0.1, 0.15) is 74.5 Å². The van der Waals surface area contributed by atoms with Gasteiger partial charge >= 0.3 is 6.09 Å². The van der Waals surface area contributed by atoms with Gasteiger partial charge in [-0.25, -0.2) is 9.48 Å². The van der Waals surface area contributed by atoms with E-state index in [1.807, 2.05) is 69.3 Å². The van der Waals surface area contributed by atoms with Crippen molar-refractivity contribution < 1.29 is 14.3 Å². The third-order valence-electron chi connectivity index (χ3n) is 7.08. The van der Waals surface area contributed by atoms with E-state index in [0.29, 0.717) is 23.6 Å². The van der Waals surface area contributed by atoms with Crippen molar-refractivity contribution in [3.05, 3.63) is 87.2 Å². The molecule has 0 aliphatic heterocycles. The third-order valence-corrected chi connectivity index (χ3v) is 7.31. The predicted octanol–water partition coefficient (Wildman–Crippen LogP) is 6.26. The number of halogens is 1. The molecular formula is C31H37ClN4O4. The number of amides is 2. The maximum Gasteiger partial charge on any atom is 0.408 e. The van der Waals surface area contributed by atoms with E-state index in [2.05, 4.69) is 5.32 Å². The van der Waals surface area contributed by atoms with Gasteiger partial charge in [0.25, 0.3) is 11.5 Å². The number of hydrogen-bond acceptors (Lipinski definition) is 5. The van der Waals surface area contributed by atoms with Gasteiger partial charge in [0.05, 0.1) is 17.8 Å². The summed E-state index contributed by atoms with van der Waals surface area (Å²) in [7, 11) is 3.27. The van der Waals surface area contributed by atoms with Crippen LogP contribution < -0.4 is 10.9 Å². The number of benzene rings is 2. The highest BCUT2D eigenvalue weighted by molar-refractivity contribution is 6.30. The van der Waals surface area contributed by atoms with Gasteiger partial charge in [-0.15, -0.1) is 0 Å². The van der Waals surface area contributed by atoms with Crippen LogP contribution in [0.2, 0.25) is 5.02 Å². The molecule has 4 rings (SSSR count). The summed E-state index contributed by atoms with van der Waals surface area (Å²) in [5.41, 5.74) is 1.40. The van der Waals surface area contributed by atoms with Crippen LogP contribution in [-0.4, -0.2) is 46.4 Å². The summed E-state index contributed by atoms with van der Waals surface area (Å²) in [6, 6.07) is 18.1. The van der Waals surface area contributed by atoms with E-state index in [0.717, 1.165) is 24.0 Å². The smallest absolute Gasteiger partial charge is 0.408 e. The van der Waals surface area contributed by atoms with Gasteiger partial charge in [-0.05, 0) is 76.1 Å². The van der Waals surface area contributed by atoms with Crippen molar-refractivity contribution in [1.29, 1.82) is 0 Å². The largest absolute Gasteiger partial charge is 0.444 e. The second kappa shape index (κ2) is 12.3. The lowest BCUT2D eigenvalue weighted by molar-refractivity contribution is 0.0471. The third kappa shape index (κ3) is 7.10. The Balaban J connectivity index is 1.62. The molecule has 1 atom stereocenters. The lowest BCUT2D eigenvalue weighted by Crippen LogP contribution is -2.40. The Kier molecular flexibility index (Phi) is 8.98. The first-order valence-electron chi connectivity index (χ1n) is 13.6. The molecule has 1 aromatic heterocycles. The molecule has 0 bridgehead atoms. The summed E-state index contributed by atoms with van der Waals surface area (Å²) < 4.78 is 7.04. The van der Waals surface area contributed by atoms with Gasteiger partial charge in [0, 0.05) is 24.7 Å². The molecular weight excluding hydrogens is 528 g/mol. The summed E-state index contributed by atoms with van der Waals surface area (Å²) in [5.74, 6) is -0.257. The van der Waals surface area contributed by atoms with Crippen molar-refractivity contribution >= 4 is 23.6 Å². The highest BCUT2D eigenvalue weighted by Crippen LogP contribution is 2.39. The molecule has 9 heteroatoms. The summed E-state index contributed by atoms with van der Waals surface area (Å²) in [6.07, 6.45) is 2.31. The van der Waals surface area contributed by atoms with Crippen LogP contribution in [0, 0.1) is 5.92 Å². The van der Waals surface area contributed by atoms with Crippen LogP contribution in [-0.2, 0) is 4.74 Å². The van der Waals surface area contributed by atoms with Gasteiger partial charge in [0.1, 0.15) is 11.2 Å². The Labute approximate surface area is 240 Å². The van der Waals surface area contributed by atoms with Crippen LogP contribution in [0.25, 0.3) is 11.3 Å². The molecule has 2 aromatic carbocycles. The highest BCUT2D eigenvalue weighted by atomic mass is 35.5. The number of ether oxygens (including phenoxy) is 1. The molecule has 1 N–H and O–H groups in total. The molecule has 212 valence electrons. The van der Waals surface area contributed by atoms with Crippen LogP contribution in [0.3, 0.4) is 0 Å². The van der Waals surface area contributed by atoms with Crippen molar-refractivity contribution in [1.82, 2.24) is 20.0 Å². The fourth-order valence-electron chi connectivity index (χ4n) is 5.19. The average Bonchev–Trinajstić information content (AvgIpc) is 2.91. The minimum atomic E-state index is -0.626. The van der Waals surface area contributed by atoms with Gasteiger partial charge in [-0.1, -0.05) is 54.1 Å². The Bertz CT molecular complexity index is 1410. The van der Waals surface area contributed by atoms with Crippen LogP contribution in [0.5, 0.6) is 0 Å². The summed E-state index contributed by atoms with van der Waals surface area (Å²) in [5, 5.41) is 8.38. The number of carbonyl (C=O) groups is 2. The minimum Gasteiger partial charge on any atom is -0.444 e. The van der Waals surface area contributed by atoms with E-state index < -0.39 is 11.7 Å². The van der Waals surface area contributed by atoms with Crippen LogP contribution >= 0.6 is 11.6 Å². The number of alkyl carbamates (subject to hydrolysis) is 1. The first-order valence-corrected chi connectivity index (χ1v) is 14.0. The summed E-state index contributed by atoms with van der Waals surface area (Å²) in [4.78, 5) is 40.6. The zero-order chi connectivity index (χ0) is 29.0. The first-order chi connectivity index (χ1) is 18.9. The van der Waals surface area contributed by atoms with Gasteiger partial charge in [-0.3, -0.25) is 9.59 Å². The molecule has 1 saturated carbocycles. The fraction of sp³-hybridized carbons (Fsp3) is 0.419. The van der Waals surface area contributed by atoms with Gasteiger partial charge < -0.3 is 15.0 Å². The molecule has 1 unspecified atom stereocenters. The molecule has 1 aliphatic rings. The first kappa shape index (κ1) is 29.3. The predicted molar refractivity (Wildman–Crippen MR) is 157 cm³/mol. The number of nitrogens with zero attached hydrogens (tertiary/aromatic N) is 3. The molecule has 3 aromatic rings. The lowest BCUT2D eigenvalue weighted by atomic mass is 9.79. The van der Waals surface area contributed by atoms with Gasteiger partial charge in [0.2, 0.25) is 0 Å². The Hall–Kier alpha value is -3.65. The Morgan fingerprint density at radius 1 is 1.02 bits per heavy atom. The van der Waals surface area contributed by atoms with Gasteiger partial charge in [-0.2, -0.15) is 5.10 Å². The quantitative estimate of drug-likeness (QED) is 0.381. The van der Waals surface area contributed by atoms with E-state index >= 15 is 0 Å². The fourth-order valence-corrected chi connectivity index (χ4v) is 5.39. The van der Waals surface area contributed by atoms with E-state index in [4.69, 9.17) is 21.4 Å². The van der Waals surface area contributed by atoms with Crippen LogP contribution in [0.4, 0.5) is 4.79 Å². The SMILES string of the molecule is CN(C)C(=O)c1cc(-c2ccccc2)nn(C2CCC(C(NC(=O)OC(C)(C)C)c3cccc(Cl)c3)CC2)c1=O. The molecule has 2 amide bonds. The molecule has 1 aliphatic carbocycles. The van der Waals surface area contributed by atoms with Gasteiger partial charge in [0.15, 0.2) is 0 Å². The molecule has 0 spiro atoms. The maximum absolute atomic E-state index is 13.5. The van der Waals surface area contributed by atoms with E-state index in [1.165, 1.54) is 9.58 Å². The Morgan fingerprint density at radius 2 is 1.70 bits per heavy atom. The van der Waals surface area contributed by atoms with Crippen molar-refractivity contribution in [3.8, 4) is 11.3 Å². The van der Waals surface area contributed by atoms with Crippen molar-refractivity contribution in [2.75, 3.05) is 14.1 Å². The minimum absolute atomic E-state index is 0.0955. The maximum atomic E-state index is 13.5. The average molecular weight is 565 g/mol. The van der Waals surface area contributed by atoms with Crippen molar-refractivity contribution in [2.45, 2.75) is 64.1 Å². The molecule has 0 radical (unpaired) electrons. The van der Waals surface area contributed by atoms with Crippen LogP contribution in [0.15, 0.2) is 65.5 Å². The molecule has 40 heavy (non-hydrogen) atoms. The number of rotatable bonds is 6.